The fraction of sp³-hybridized carbons (Fsp3) is 0.290. The summed E-state index contributed by atoms with van der Waals surface area (Å²) in [4.78, 5) is 2.40. The van der Waals surface area contributed by atoms with Gasteiger partial charge in [-0.3, -0.25) is 0 Å². The predicted molar refractivity (Wildman–Crippen MR) is 155 cm³/mol. The van der Waals surface area contributed by atoms with Crippen molar-refractivity contribution in [2.45, 2.75) is 33.4 Å². The Balaban J connectivity index is 0.000000274. The quantitative estimate of drug-likeness (QED) is 0.245. The molecule has 0 aromatic heterocycles. The highest BCUT2D eigenvalue weighted by atomic mass is 16.3. The number of phenols is 2. The van der Waals surface area contributed by atoms with Crippen LogP contribution in [0.1, 0.15) is 26.3 Å². The number of aromatic hydroxyl groups is 2. The molecule has 4 aromatic rings. The summed E-state index contributed by atoms with van der Waals surface area (Å²) in [6.45, 7) is 9.50. The molecule has 5 rings (SSSR count). The van der Waals surface area contributed by atoms with Gasteiger partial charge in [-0.05, 0) is 59.7 Å². The zero-order chi connectivity index (χ0) is 27.5. The fourth-order valence-electron chi connectivity index (χ4n) is 3.62. The fourth-order valence-corrected chi connectivity index (χ4v) is 3.62. The molecule has 1 atom stereocenters. The van der Waals surface area contributed by atoms with E-state index in [0.717, 1.165) is 43.1 Å². The van der Waals surface area contributed by atoms with Crippen molar-refractivity contribution in [3.05, 3.63) is 103 Å². The van der Waals surface area contributed by atoms with Gasteiger partial charge >= 0.3 is 0 Å². The van der Waals surface area contributed by atoms with Crippen LogP contribution in [0.4, 0.5) is 5.69 Å². The van der Waals surface area contributed by atoms with Gasteiger partial charge in [0, 0.05) is 38.5 Å². The Bertz CT molecular complexity index is 1100. The lowest BCUT2D eigenvalue weighted by atomic mass is 10.1. The summed E-state index contributed by atoms with van der Waals surface area (Å²) >= 11 is 0. The monoisotopic (exact) mass is 506 g/mol. The van der Waals surface area contributed by atoms with E-state index in [4.69, 9.17) is 20.4 Å². The normalized spacial score (nSPS) is 13.8. The van der Waals surface area contributed by atoms with Gasteiger partial charge in [0.05, 0.1) is 6.61 Å². The summed E-state index contributed by atoms with van der Waals surface area (Å²) in [5.74, 6) is 0.645. The molecule has 0 amide bonds. The van der Waals surface area contributed by atoms with Crippen LogP contribution in [0.15, 0.2) is 97.1 Å². The van der Waals surface area contributed by atoms with E-state index in [1.807, 2.05) is 62.4 Å². The summed E-state index contributed by atoms with van der Waals surface area (Å²) in [6.07, 6.45) is 0. The minimum atomic E-state index is 0.122. The topological polar surface area (TPSA) is 96.2 Å². The molecule has 0 bridgehead atoms. The number of fused-ring (bicyclic) bond motifs is 1. The zero-order valence-corrected chi connectivity index (χ0v) is 22.4. The molecular formula is C31H42N2O4. The number of nitrogens with one attached hydrogen (secondary N) is 1. The smallest absolute Gasteiger partial charge is 0.116 e. The van der Waals surface area contributed by atoms with E-state index in [-0.39, 0.29) is 6.61 Å². The molecule has 6 nitrogen and oxygen atoms in total. The number of hydrogen-bond acceptors (Lipinski definition) is 6. The first-order valence-corrected chi connectivity index (χ1v) is 12.6. The minimum absolute atomic E-state index is 0.122. The summed E-state index contributed by atoms with van der Waals surface area (Å²) in [5, 5.41) is 39.3. The van der Waals surface area contributed by atoms with Crippen LogP contribution in [-0.4, -0.2) is 53.2 Å². The van der Waals surface area contributed by atoms with Crippen molar-refractivity contribution in [1.29, 1.82) is 0 Å². The highest BCUT2D eigenvalue weighted by Gasteiger charge is 2.17. The third-order valence-electron chi connectivity index (χ3n) is 5.44. The van der Waals surface area contributed by atoms with Crippen LogP contribution in [0.2, 0.25) is 0 Å². The van der Waals surface area contributed by atoms with Crippen LogP contribution in [0.3, 0.4) is 0 Å². The lowest BCUT2D eigenvalue weighted by Gasteiger charge is -2.36. The number of phenolic OH excluding ortho intramolecular Hbond substituents is 2. The molecule has 1 aliphatic rings. The van der Waals surface area contributed by atoms with Gasteiger partial charge in [-0.25, -0.2) is 0 Å². The summed E-state index contributed by atoms with van der Waals surface area (Å²) in [7, 11) is 1.00. The molecule has 0 aliphatic carbocycles. The molecule has 1 aliphatic heterocycles. The Morgan fingerprint density at radius 2 is 1.35 bits per heavy atom. The van der Waals surface area contributed by atoms with E-state index in [9.17, 15) is 0 Å². The van der Waals surface area contributed by atoms with Crippen molar-refractivity contribution in [3.8, 4) is 11.5 Å². The Morgan fingerprint density at radius 3 is 1.89 bits per heavy atom. The molecule has 1 heterocycles. The second kappa shape index (κ2) is 18.7. The molecule has 4 aromatic carbocycles. The van der Waals surface area contributed by atoms with Crippen molar-refractivity contribution in [1.82, 2.24) is 5.32 Å². The first kappa shape index (κ1) is 31.4. The van der Waals surface area contributed by atoms with Crippen LogP contribution in [0.25, 0.3) is 10.8 Å². The van der Waals surface area contributed by atoms with Crippen molar-refractivity contribution in [2.75, 3.05) is 31.6 Å². The molecule has 1 saturated heterocycles. The van der Waals surface area contributed by atoms with E-state index in [0.29, 0.717) is 17.5 Å². The van der Waals surface area contributed by atoms with Crippen molar-refractivity contribution < 1.29 is 20.4 Å². The number of benzene rings is 4. The number of aliphatic hydroxyl groups excluding tert-OH is 2. The molecule has 0 spiro atoms. The Hall–Kier alpha value is -3.58. The standard InChI is InChI=1S/C12H18N2O.C10H8O.C6H6O.C2H6.CH4O/c1-10-8-13-6-7-14(10)12-4-2-11(9-15)3-5-12;11-10-6-5-8-3-1-2-4-9(8)7-10;7-6-4-2-1-3-5-6;2*1-2/h2-5,10,13,15H,6-9H2,1H3;1-7,11H;1-5,7H;1-2H3;2H,1H3/t10-;;;;/m0..../s1. The van der Waals surface area contributed by atoms with Gasteiger partial charge in [-0.1, -0.05) is 74.5 Å². The van der Waals surface area contributed by atoms with Gasteiger partial charge in [0.25, 0.3) is 0 Å². The van der Waals surface area contributed by atoms with Crippen LogP contribution >= 0.6 is 0 Å². The number of para-hydroxylation sites is 1. The minimum Gasteiger partial charge on any atom is -0.508 e. The lowest BCUT2D eigenvalue weighted by molar-refractivity contribution is 0.282. The number of nitrogens with zero attached hydrogens (tertiary/aromatic N) is 1. The molecular weight excluding hydrogens is 464 g/mol. The average molecular weight is 507 g/mol. The van der Waals surface area contributed by atoms with E-state index >= 15 is 0 Å². The van der Waals surface area contributed by atoms with Crippen molar-refractivity contribution in [3.63, 3.8) is 0 Å². The molecule has 6 heteroatoms. The first-order chi connectivity index (χ1) is 18.1. The Labute approximate surface area is 221 Å². The van der Waals surface area contributed by atoms with Crippen LogP contribution in [0.5, 0.6) is 11.5 Å². The summed E-state index contributed by atoms with van der Waals surface area (Å²) < 4.78 is 0. The summed E-state index contributed by atoms with van der Waals surface area (Å²) in [6, 6.07) is 30.7. The second-order valence-electron chi connectivity index (χ2n) is 7.94. The largest absolute Gasteiger partial charge is 0.508 e. The molecule has 0 unspecified atom stereocenters. The summed E-state index contributed by atoms with van der Waals surface area (Å²) in [5.41, 5.74) is 2.22. The maximum atomic E-state index is 9.13. The molecule has 5 N–H and O–H groups in total. The third-order valence-corrected chi connectivity index (χ3v) is 5.44. The molecule has 37 heavy (non-hydrogen) atoms. The zero-order valence-electron chi connectivity index (χ0n) is 22.4. The van der Waals surface area contributed by atoms with Gasteiger partial charge in [0.2, 0.25) is 0 Å². The van der Waals surface area contributed by atoms with Crippen LogP contribution in [-0.2, 0) is 6.61 Å². The number of piperazine rings is 1. The maximum Gasteiger partial charge on any atom is 0.116 e. The number of aliphatic hydroxyl groups is 2. The third kappa shape index (κ3) is 11.3. The Morgan fingerprint density at radius 1 is 0.757 bits per heavy atom. The van der Waals surface area contributed by atoms with Gasteiger partial charge in [0.1, 0.15) is 11.5 Å². The molecule has 0 radical (unpaired) electrons. The highest BCUT2D eigenvalue weighted by molar-refractivity contribution is 5.83. The number of hydrogen-bond donors (Lipinski definition) is 5. The average Bonchev–Trinajstić information content (AvgIpc) is 2.97. The van der Waals surface area contributed by atoms with E-state index in [1.165, 1.54) is 5.69 Å². The molecule has 200 valence electrons. The van der Waals surface area contributed by atoms with E-state index in [2.05, 4.69) is 29.3 Å². The molecule has 1 fully saturated rings. The van der Waals surface area contributed by atoms with Crippen molar-refractivity contribution in [2.24, 2.45) is 0 Å². The van der Waals surface area contributed by atoms with E-state index < -0.39 is 0 Å². The van der Waals surface area contributed by atoms with Gasteiger partial charge < -0.3 is 30.6 Å². The van der Waals surface area contributed by atoms with Crippen molar-refractivity contribution >= 4 is 16.5 Å². The van der Waals surface area contributed by atoms with Gasteiger partial charge in [-0.2, -0.15) is 0 Å². The SMILES string of the molecule is CC.CO.C[C@H]1CNCCN1c1ccc(CO)cc1.Oc1ccc2ccccc2c1.Oc1ccccc1. The maximum absolute atomic E-state index is 9.13. The van der Waals surface area contributed by atoms with Gasteiger partial charge in [-0.15, -0.1) is 0 Å². The number of rotatable bonds is 2. The van der Waals surface area contributed by atoms with E-state index in [1.54, 1.807) is 36.4 Å². The second-order valence-corrected chi connectivity index (χ2v) is 7.94. The highest BCUT2D eigenvalue weighted by Crippen LogP contribution is 2.19. The van der Waals surface area contributed by atoms with Crippen LogP contribution in [0, 0.1) is 0 Å². The van der Waals surface area contributed by atoms with Gasteiger partial charge in [0.15, 0.2) is 0 Å². The predicted octanol–water partition coefficient (Wildman–Crippen LogP) is 5.55. The number of anilines is 1. The first-order valence-electron chi connectivity index (χ1n) is 12.6. The molecule has 0 saturated carbocycles. The lowest BCUT2D eigenvalue weighted by Crippen LogP contribution is -2.49. The van der Waals surface area contributed by atoms with Crippen LogP contribution < -0.4 is 10.2 Å². The Kier molecular flexibility index (Phi) is 15.9.